The van der Waals surface area contributed by atoms with Crippen LogP contribution >= 0.6 is 0 Å². The Morgan fingerprint density at radius 3 is 3.50 bits per heavy atom. The second-order valence-electron chi connectivity index (χ2n) is 2.54. The normalized spacial score (nSPS) is 43.0. The van der Waals surface area contributed by atoms with Crippen LogP contribution in [0, 0.1) is 5.92 Å². The Bertz CT molecular complexity index is 120. The van der Waals surface area contributed by atoms with Crippen LogP contribution in [-0.4, -0.2) is 25.3 Å². The minimum absolute atomic E-state index is 0.634. The molecule has 2 heterocycles. The van der Waals surface area contributed by atoms with Crippen LogP contribution < -0.4 is 5.32 Å². The van der Waals surface area contributed by atoms with Gasteiger partial charge in [-0.05, 0) is 18.9 Å². The molecule has 2 unspecified atom stereocenters. The number of rotatable bonds is 0. The third-order valence-corrected chi connectivity index (χ3v) is 2.01. The van der Waals surface area contributed by atoms with E-state index in [0.717, 1.165) is 12.5 Å². The van der Waals surface area contributed by atoms with Crippen molar-refractivity contribution in [2.24, 2.45) is 10.9 Å². The van der Waals surface area contributed by atoms with Gasteiger partial charge in [-0.2, -0.15) is 0 Å². The molecule has 2 nitrogen and oxygen atoms in total. The van der Waals surface area contributed by atoms with E-state index in [1.165, 1.54) is 13.0 Å². The van der Waals surface area contributed by atoms with Crippen molar-refractivity contribution >= 4 is 6.21 Å². The molecule has 1 fully saturated rings. The minimum atomic E-state index is 0.634. The van der Waals surface area contributed by atoms with Gasteiger partial charge < -0.3 is 5.32 Å². The zero-order valence-electron chi connectivity index (χ0n) is 4.80. The molecule has 0 aromatic rings. The third kappa shape index (κ3) is 0.494. The summed E-state index contributed by atoms with van der Waals surface area (Å²) in [6.45, 7) is 2.26. The lowest BCUT2D eigenvalue weighted by Crippen LogP contribution is -2.25. The van der Waals surface area contributed by atoms with Crippen LogP contribution in [0.4, 0.5) is 0 Å². The van der Waals surface area contributed by atoms with Gasteiger partial charge in [-0.25, -0.2) is 0 Å². The van der Waals surface area contributed by atoms with Crippen LogP contribution in [0.5, 0.6) is 0 Å². The van der Waals surface area contributed by atoms with E-state index in [1.807, 2.05) is 0 Å². The first-order chi connectivity index (χ1) is 3.97. The molecule has 2 rings (SSSR count). The molecule has 1 saturated heterocycles. The van der Waals surface area contributed by atoms with Crippen LogP contribution in [0.25, 0.3) is 0 Å². The molecule has 8 heavy (non-hydrogen) atoms. The molecule has 0 radical (unpaired) electrons. The lowest BCUT2D eigenvalue weighted by molar-refractivity contribution is 0.584. The first-order valence-electron chi connectivity index (χ1n) is 3.20. The van der Waals surface area contributed by atoms with Crippen molar-refractivity contribution < 1.29 is 0 Å². The van der Waals surface area contributed by atoms with Gasteiger partial charge in [0.15, 0.2) is 0 Å². The number of hydrogen-bond acceptors (Lipinski definition) is 2. The van der Waals surface area contributed by atoms with E-state index in [0.29, 0.717) is 6.04 Å². The number of hydrogen-bond donors (Lipinski definition) is 1. The number of fused-ring (bicyclic) bond motifs is 1. The zero-order chi connectivity index (χ0) is 5.40. The largest absolute Gasteiger partial charge is 0.309 e. The van der Waals surface area contributed by atoms with Crippen molar-refractivity contribution in [3.8, 4) is 0 Å². The number of aliphatic imine (C=N–C) groups is 1. The summed E-state index contributed by atoms with van der Waals surface area (Å²) in [4.78, 5) is 4.18. The van der Waals surface area contributed by atoms with Crippen molar-refractivity contribution in [1.29, 1.82) is 0 Å². The average Bonchev–Trinajstić information content (AvgIpc) is 2.15. The fourth-order valence-electron chi connectivity index (χ4n) is 1.47. The van der Waals surface area contributed by atoms with Crippen molar-refractivity contribution in [3.63, 3.8) is 0 Å². The summed E-state index contributed by atoms with van der Waals surface area (Å²) in [5, 5.41) is 3.37. The summed E-state index contributed by atoms with van der Waals surface area (Å²) in [7, 11) is 0. The molecule has 0 aromatic carbocycles. The van der Waals surface area contributed by atoms with Crippen molar-refractivity contribution in [2.75, 3.05) is 13.1 Å². The Labute approximate surface area is 49.0 Å². The second-order valence-corrected chi connectivity index (χ2v) is 2.54. The predicted octanol–water partition coefficient (Wildman–Crippen LogP) is 0.0489. The highest BCUT2D eigenvalue weighted by atomic mass is 15.0. The molecule has 2 aliphatic heterocycles. The fraction of sp³-hybridized carbons (Fsp3) is 0.833. The average molecular weight is 110 g/mol. The van der Waals surface area contributed by atoms with Crippen LogP contribution in [0.15, 0.2) is 4.99 Å². The molecular formula is C6H10N2. The SMILES string of the molecule is C1=NCC2CCNC12. The summed E-state index contributed by atoms with van der Waals surface area (Å²) >= 11 is 0. The van der Waals surface area contributed by atoms with Crippen LogP contribution in [0.1, 0.15) is 6.42 Å². The van der Waals surface area contributed by atoms with Gasteiger partial charge in [0.2, 0.25) is 0 Å². The molecule has 1 N–H and O–H groups in total. The molecule has 0 aromatic heterocycles. The van der Waals surface area contributed by atoms with Gasteiger partial charge in [0, 0.05) is 18.8 Å². The predicted molar refractivity (Wildman–Crippen MR) is 33.3 cm³/mol. The summed E-state index contributed by atoms with van der Waals surface area (Å²) in [5.41, 5.74) is 0. The topological polar surface area (TPSA) is 24.4 Å². The van der Waals surface area contributed by atoms with Crippen LogP contribution in [0.3, 0.4) is 0 Å². The van der Waals surface area contributed by atoms with Gasteiger partial charge in [-0.3, -0.25) is 4.99 Å². The minimum Gasteiger partial charge on any atom is -0.309 e. The second kappa shape index (κ2) is 1.55. The maximum atomic E-state index is 4.18. The molecule has 2 heteroatoms. The molecule has 2 atom stereocenters. The third-order valence-electron chi connectivity index (χ3n) is 2.01. The van der Waals surface area contributed by atoms with Gasteiger partial charge in [-0.15, -0.1) is 0 Å². The molecule has 0 saturated carbocycles. The molecule has 0 amide bonds. The first-order valence-corrected chi connectivity index (χ1v) is 3.20. The number of nitrogens with one attached hydrogen (secondary N) is 1. The first kappa shape index (κ1) is 4.50. The Morgan fingerprint density at radius 2 is 2.62 bits per heavy atom. The van der Waals surface area contributed by atoms with Gasteiger partial charge in [0.25, 0.3) is 0 Å². The van der Waals surface area contributed by atoms with Gasteiger partial charge in [-0.1, -0.05) is 0 Å². The van der Waals surface area contributed by atoms with Crippen molar-refractivity contribution in [2.45, 2.75) is 12.5 Å². The van der Waals surface area contributed by atoms with E-state index in [2.05, 4.69) is 16.5 Å². The highest BCUT2D eigenvalue weighted by molar-refractivity contribution is 5.67. The number of nitrogens with zero attached hydrogens (tertiary/aromatic N) is 1. The smallest absolute Gasteiger partial charge is 0.0467 e. The molecule has 2 aliphatic rings. The molecule has 44 valence electrons. The van der Waals surface area contributed by atoms with E-state index >= 15 is 0 Å². The van der Waals surface area contributed by atoms with E-state index in [1.54, 1.807) is 0 Å². The van der Waals surface area contributed by atoms with Crippen LogP contribution in [0.2, 0.25) is 0 Å². The van der Waals surface area contributed by atoms with Gasteiger partial charge in [0.05, 0.1) is 0 Å². The van der Waals surface area contributed by atoms with E-state index in [9.17, 15) is 0 Å². The van der Waals surface area contributed by atoms with Gasteiger partial charge >= 0.3 is 0 Å². The fourth-order valence-corrected chi connectivity index (χ4v) is 1.47. The summed E-state index contributed by atoms with van der Waals surface area (Å²) in [6.07, 6.45) is 3.38. The van der Waals surface area contributed by atoms with Gasteiger partial charge in [0.1, 0.15) is 0 Å². The lowest BCUT2D eigenvalue weighted by Gasteiger charge is -2.02. The van der Waals surface area contributed by atoms with E-state index < -0.39 is 0 Å². The highest BCUT2D eigenvalue weighted by Crippen LogP contribution is 2.18. The monoisotopic (exact) mass is 110 g/mol. The molecule has 0 bridgehead atoms. The standard InChI is InChI=1S/C6H10N2/c1-2-8-6-4-7-3-5(1)6/h4-6,8H,1-3H2. The summed E-state index contributed by atoms with van der Waals surface area (Å²) in [6, 6.07) is 0.634. The molecule has 0 aliphatic carbocycles. The van der Waals surface area contributed by atoms with Crippen LogP contribution in [-0.2, 0) is 0 Å². The van der Waals surface area contributed by atoms with E-state index in [-0.39, 0.29) is 0 Å². The Balaban J connectivity index is 2.13. The zero-order valence-corrected chi connectivity index (χ0v) is 4.80. The van der Waals surface area contributed by atoms with E-state index in [4.69, 9.17) is 0 Å². The Hall–Kier alpha value is -0.370. The maximum absolute atomic E-state index is 4.18. The van der Waals surface area contributed by atoms with Crippen molar-refractivity contribution in [3.05, 3.63) is 0 Å². The maximum Gasteiger partial charge on any atom is 0.0467 e. The quantitative estimate of drug-likeness (QED) is 0.468. The Kier molecular flexibility index (Phi) is 0.875. The highest BCUT2D eigenvalue weighted by Gasteiger charge is 2.27. The lowest BCUT2D eigenvalue weighted by atomic mass is 10.1. The Morgan fingerprint density at radius 1 is 1.62 bits per heavy atom. The summed E-state index contributed by atoms with van der Waals surface area (Å²) in [5.74, 6) is 0.843. The molecular weight excluding hydrogens is 100 g/mol. The molecule has 0 spiro atoms. The summed E-state index contributed by atoms with van der Waals surface area (Å²) < 4.78 is 0. The van der Waals surface area contributed by atoms with Crippen molar-refractivity contribution in [1.82, 2.24) is 5.32 Å².